The molecule has 8 nitrogen and oxygen atoms in total. The van der Waals surface area contributed by atoms with Crippen LogP contribution in [0.1, 0.15) is 23.2 Å². The molecule has 5 aromatic rings. The van der Waals surface area contributed by atoms with Gasteiger partial charge in [0.05, 0.1) is 40.9 Å². The molecule has 1 aliphatic heterocycles. The molecule has 196 valence electrons. The fraction of sp³-hybridized carbons (Fsp3) is 0.345. The Kier molecular flexibility index (Phi) is 6.73. The van der Waals surface area contributed by atoms with Crippen LogP contribution in [0.5, 0.6) is 0 Å². The highest BCUT2D eigenvalue weighted by atomic mass is 32.1. The zero-order valence-electron chi connectivity index (χ0n) is 21.7. The largest absolute Gasteiger partial charge is 0.379 e. The maximum Gasteiger partial charge on any atom is 0.283 e. The predicted molar refractivity (Wildman–Crippen MR) is 152 cm³/mol. The van der Waals surface area contributed by atoms with Gasteiger partial charge in [-0.2, -0.15) is 4.68 Å². The minimum Gasteiger partial charge on any atom is -0.379 e. The van der Waals surface area contributed by atoms with Gasteiger partial charge in [-0.3, -0.25) is 19.2 Å². The van der Waals surface area contributed by atoms with Gasteiger partial charge in [-0.05, 0) is 38.0 Å². The van der Waals surface area contributed by atoms with E-state index in [1.54, 1.807) is 15.3 Å². The number of benzene rings is 2. The Hall–Kier alpha value is -3.53. The Morgan fingerprint density at radius 2 is 1.79 bits per heavy atom. The number of fused-ring (bicyclic) bond motifs is 2. The molecule has 1 fully saturated rings. The maximum atomic E-state index is 14.1. The van der Waals surface area contributed by atoms with Crippen LogP contribution in [0.15, 0.2) is 64.2 Å². The molecule has 0 N–H and O–H groups in total. The van der Waals surface area contributed by atoms with Crippen LogP contribution >= 0.6 is 11.3 Å². The number of ether oxygens (including phenoxy) is 1. The highest BCUT2D eigenvalue weighted by Gasteiger charge is 2.22. The normalized spacial score (nSPS) is 14.6. The van der Waals surface area contributed by atoms with E-state index in [1.165, 1.54) is 11.3 Å². The Morgan fingerprint density at radius 3 is 2.58 bits per heavy atom. The summed E-state index contributed by atoms with van der Waals surface area (Å²) >= 11 is 1.48. The number of aryl methyl sites for hydroxylation is 2. The van der Waals surface area contributed by atoms with E-state index in [1.807, 2.05) is 48.0 Å². The summed E-state index contributed by atoms with van der Waals surface area (Å²) in [6, 6.07) is 17.7. The highest BCUT2D eigenvalue weighted by molar-refractivity contribution is 7.20. The predicted octanol–water partition coefficient (Wildman–Crippen LogP) is 3.95. The number of thiazole rings is 1. The van der Waals surface area contributed by atoms with Crippen molar-refractivity contribution >= 4 is 32.5 Å². The third-order valence-corrected chi connectivity index (χ3v) is 8.33. The summed E-state index contributed by atoms with van der Waals surface area (Å²) in [5.41, 5.74) is 4.17. The van der Waals surface area contributed by atoms with E-state index in [2.05, 4.69) is 24.0 Å². The minimum atomic E-state index is -0.147. The third kappa shape index (κ3) is 4.62. The van der Waals surface area contributed by atoms with Crippen LogP contribution in [0.3, 0.4) is 0 Å². The van der Waals surface area contributed by atoms with Crippen LogP contribution in [0.2, 0.25) is 0 Å². The summed E-state index contributed by atoms with van der Waals surface area (Å²) in [5, 5.41) is 1.17. The molecule has 0 bridgehead atoms. The lowest BCUT2D eigenvalue weighted by molar-refractivity contribution is 0.0369. The first-order valence-corrected chi connectivity index (χ1v) is 13.9. The summed E-state index contributed by atoms with van der Waals surface area (Å²) < 4.78 is 11.8. The molecule has 0 spiro atoms. The topological polar surface area (TPSA) is 74.3 Å². The Labute approximate surface area is 224 Å². The van der Waals surface area contributed by atoms with Crippen molar-refractivity contribution in [1.82, 2.24) is 23.8 Å². The van der Waals surface area contributed by atoms with E-state index < -0.39 is 0 Å². The zero-order valence-corrected chi connectivity index (χ0v) is 22.5. The second kappa shape index (κ2) is 10.3. The van der Waals surface area contributed by atoms with Crippen molar-refractivity contribution < 1.29 is 4.74 Å². The van der Waals surface area contributed by atoms with Crippen LogP contribution in [0.25, 0.3) is 26.3 Å². The molecule has 1 aliphatic rings. The molecule has 1 saturated heterocycles. The first-order valence-electron chi connectivity index (χ1n) is 13.1. The standard InChI is InChI=1S/C29H31N5O3S/c1-20-7-5-8-22(17-20)19-33-24-18-26(35)32(12-6-11-31-13-15-37-16-14-31)21(2)27(24)28(36)34(33)29-30-23-9-3-4-10-25(23)38-29/h3-5,7-10,17-18H,6,11-16,19H2,1-2H3. The van der Waals surface area contributed by atoms with Crippen LogP contribution in [0.4, 0.5) is 0 Å². The molecule has 9 heteroatoms. The Balaban J connectivity index is 1.46. The Bertz CT molecular complexity index is 1710. The molecule has 3 aromatic heterocycles. The number of aromatic nitrogens is 4. The van der Waals surface area contributed by atoms with Gasteiger partial charge >= 0.3 is 0 Å². The van der Waals surface area contributed by atoms with Gasteiger partial charge in [0.1, 0.15) is 0 Å². The van der Waals surface area contributed by atoms with Crippen molar-refractivity contribution in [3.8, 4) is 5.13 Å². The highest BCUT2D eigenvalue weighted by Crippen LogP contribution is 2.26. The fourth-order valence-corrected chi connectivity index (χ4v) is 6.35. The summed E-state index contributed by atoms with van der Waals surface area (Å²) in [6.07, 6.45) is 0.836. The smallest absolute Gasteiger partial charge is 0.283 e. The number of hydrogen-bond donors (Lipinski definition) is 0. The second-order valence-electron chi connectivity index (χ2n) is 9.92. The molecule has 0 amide bonds. The summed E-state index contributed by atoms with van der Waals surface area (Å²) in [4.78, 5) is 34.6. The number of nitrogens with zero attached hydrogens (tertiary/aromatic N) is 5. The molecule has 38 heavy (non-hydrogen) atoms. The monoisotopic (exact) mass is 529 g/mol. The Morgan fingerprint density at radius 1 is 0.974 bits per heavy atom. The average Bonchev–Trinajstić information content (AvgIpc) is 3.45. The number of pyridine rings is 1. The fourth-order valence-electron chi connectivity index (χ4n) is 5.38. The van der Waals surface area contributed by atoms with Gasteiger partial charge < -0.3 is 9.30 Å². The van der Waals surface area contributed by atoms with Gasteiger partial charge in [0, 0.05) is 37.9 Å². The van der Waals surface area contributed by atoms with Crippen molar-refractivity contribution in [3.63, 3.8) is 0 Å². The van der Waals surface area contributed by atoms with Crippen molar-refractivity contribution in [3.05, 3.63) is 92.1 Å². The van der Waals surface area contributed by atoms with Crippen LogP contribution < -0.4 is 11.1 Å². The molecular weight excluding hydrogens is 498 g/mol. The van der Waals surface area contributed by atoms with Crippen LogP contribution in [-0.2, 0) is 17.8 Å². The molecule has 0 saturated carbocycles. The summed E-state index contributed by atoms with van der Waals surface area (Å²) in [5.74, 6) is 0. The van der Waals surface area contributed by atoms with Gasteiger partial charge in [-0.25, -0.2) is 4.98 Å². The number of morpholine rings is 1. The first kappa shape index (κ1) is 24.8. The van der Waals surface area contributed by atoms with E-state index in [9.17, 15) is 9.59 Å². The van der Waals surface area contributed by atoms with E-state index in [-0.39, 0.29) is 11.1 Å². The SMILES string of the molecule is Cc1cccc(Cn2c3cc(=O)n(CCCN4CCOCC4)c(C)c3c(=O)n2-c2nc3ccccc3s2)c1. The van der Waals surface area contributed by atoms with E-state index in [4.69, 9.17) is 9.72 Å². The van der Waals surface area contributed by atoms with Crippen molar-refractivity contribution in [2.45, 2.75) is 33.4 Å². The molecule has 0 unspecified atom stereocenters. The van der Waals surface area contributed by atoms with E-state index in [0.29, 0.717) is 34.8 Å². The third-order valence-electron chi connectivity index (χ3n) is 7.31. The van der Waals surface area contributed by atoms with Crippen LogP contribution in [0, 0.1) is 13.8 Å². The number of para-hydroxylation sites is 1. The summed E-state index contributed by atoms with van der Waals surface area (Å²) in [7, 11) is 0. The van der Waals surface area contributed by atoms with Crippen molar-refractivity contribution in [2.24, 2.45) is 0 Å². The van der Waals surface area contributed by atoms with E-state index in [0.717, 1.165) is 60.6 Å². The zero-order chi connectivity index (χ0) is 26.2. The molecule has 0 aliphatic carbocycles. The van der Waals surface area contributed by atoms with Gasteiger partial charge in [0.25, 0.3) is 11.1 Å². The van der Waals surface area contributed by atoms with E-state index >= 15 is 0 Å². The lowest BCUT2D eigenvalue weighted by Crippen LogP contribution is -2.37. The molecule has 0 radical (unpaired) electrons. The van der Waals surface area contributed by atoms with Gasteiger partial charge in [-0.15, -0.1) is 0 Å². The van der Waals surface area contributed by atoms with Crippen molar-refractivity contribution in [1.29, 1.82) is 0 Å². The molecule has 6 rings (SSSR count). The van der Waals surface area contributed by atoms with Gasteiger partial charge in [-0.1, -0.05) is 53.3 Å². The minimum absolute atomic E-state index is 0.0866. The maximum absolute atomic E-state index is 14.1. The number of rotatable bonds is 7. The quantitative estimate of drug-likeness (QED) is 0.319. The lowest BCUT2D eigenvalue weighted by atomic mass is 10.1. The summed E-state index contributed by atoms with van der Waals surface area (Å²) in [6.45, 7) is 9.21. The molecule has 2 aromatic carbocycles. The number of hydrogen-bond acceptors (Lipinski definition) is 6. The molecule has 4 heterocycles. The molecular formula is C29H31N5O3S. The van der Waals surface area contributed by atoms with Crippen molar-refractivity contribution in [2.75, 3.05) is 32.8 Å². The average molecular weight is 530 g/mol. The van der Waals surface area contributed by atoms with Crippen LogP contribution in [-0.4, -0.2) is 56.7 Å². The second-order valence-corrected chi connectivity index (χ2v) is 10.9. The first-order chi connectivity index (χ1) is 18.5. The molecule has 0 atom stereocenters. The van der Waals surface area contributed by atoms with Gasteiger partial charge in [0.15, 0.2) is 0 Å². The lowest BCUT2D eigenvalue weighted by Gasteiger charge is -2.26. The van der Waals surface area contributed by atoms with Gasteiger partial charge in [0.2, 0.25) is 5.13 Å².